The molecule has 1 amide bonds. The number of hydrogen-bond acceptors (Lipinski definition) is 5. The molecular formula is C18H23F3N2O4. The second-order valence-electron chi connectivity index (χ2n) is 6.08. The topological polar surface area (TPSA) is 60.0 Å². The molecule has 2 rings (SSSR count). The van der Waals surface area contributed by atoms with E-state index in [2.05, 4.69) is 5.32 Å². The van der Waals surface area contributed by atoms with E-state index in [1.54, 1.807) is 18.2 Å². The summed E-state index contributed by atoms with van der Waals surface area (Å²) in [5.41, 5.74) is 0.705. The Morgan fingerprint density at radius 3 is 2.78 bits per heavy atom. The lowest BCUT2D eigenvalue weighted by atomic mass is 10.1. The maximum Gasteiger partial charge on any atom is 0.401 e. The molecule has 0 saturated heterocycles. The van der Waals surface area contributed by atoms with E-state index in [9.17, 15) is 18.0 Å². The molecule has 9 heteroatoms. The number of halogens is 3. The summed E-state index contributed by atoms with van der Waals surface area (Å²) in [7, 11) is 2.91. The molecule has 150 valence electrons. The Balaban J connectivity index is 1.81. The minimum Gasteiger partial charge on any atom is -0.493 e. The zero-order valence-electron chi connectivity index (χ0n) is 15.3. The van der Waals surface area contributed by atoms with Gasteiger partial charge in [0.05, 0.1) is 13.7 Å². The number of methoxy groups -OCH3 is 1. The molecule has 6 nitrogen and oxygen atoms in total. The van der Waals surface area contributed by atoms with Gasteiger partial charge in [0.2, 0.25) is 11.7 Å². The van der Waals surface area contributed by atoms with E-state index in [0.29, 0.717) is 42.4 Å². The Labute approximate surface area is 155 Å². The van der Waals surface area contributed by atoms with Gasteiger partial charge in [-0.1, -0.05) is 0 Å². The minimum absolute atomic E-state index is 0.239. The van der Waals surface area contributed by atoms with E-state index in [4.69, 9.17) is 14.2 Å². The predicted octanol–water partition coefficient (Wildman–Crippen LogP) is 2.48. The molecule has 0 fully saturated rings. The number of nitrogens with one attached hydrogen (secondary N) is 1. The van der Waals surface area contributed by atoms with Crippen molar-refractivity contribution in [3.8, 4) is 17.2 Å². The first kappa shape index (κ1) is 20.9. The summed E-state index contributed by atoms with van der Waals surface area (Å²) in [4.78, 5) is 13.0. The fraction of sp³-hybridized carbons (Fsp3) is 0.500. The third-order valence-corrected chi connectivity index (χ3v) is 3.74. The second-order valence-corrected chi connectivity index (χ2v) is 6.08. The number of carbonyl (C=O) groups is 1. The Morgan fingerprint density at radius 2 is 2.07 bits per heavy atom. The molecule has 1 heterocycles. The van der Waals surface area contributed by atoms with Crippen molar-refractivity contribution in [1.82, 2.24) is 10.2 Å². The molecule has 0 atom stereocenters. The average Bonchev–Trinajstić information content (AvgIpc) is 2.61. The number of alkyl halides is 3. The lowest BCUT2D eigenvalue weighted by molar-refractivity contribution is -0.143. The van der Waals surface area contributed by atoms with Gasteiger partial charge in [-0.05, 0) is 43.8 Å². The predicted molar refractivity (Wildman–Crippen MR) is 94.2 cm³/mol. The van der Waals surface area contributed by atoms with Gasteiger partial charge in [-0.25, -0.2) is 0 Å². The van der Waals surface area contributed by atoms with Crippen molar-refractivity contribution in [2.45, 2.75) is 12.6 Å². The summed E-state index contributed by atoms with van der Waals surface area (Å²) in [6.07, 6.45) is -0.842. The highest BCUT2D eigenvalue weighted by atomic mass is 19.4. The third-order valence-electron chi connectivity index (χ3n) is 3.74. The molecule has 0 unspecified atom stereocenters. The third kappa shape index (κ3) is 7.01. The van der Waals surface area contributed by atoms with E-state index in [-0.39, 0.29) is 19.0 Å². The Morgan fingerprint density at radius 1 is 1.33 bits per heavy atom. The SMILES string of the molecule is COc1cc(/C=C/C(=O)NCCCN(C)CC(F)(F)F)cc2c1OCCO2. The van der Waals surface area contributed by atoms with Crippen LogP contribution in [0.25, 0.3) is 6.08 Å². The molecule has 1 aliphatic heterocycles. The van der Waals surface area contributed by atoms with Gasteiger partial charge >= 0.3 is 6.18 Å². The molecule has 0 aromatic heterocycles. The lowest BCUT2D eigenvalue weighted by Crippen LogP contribution is -2.33. The van der Waals surface area contributed by atoms with Crippen LogP contribution < -0.4 is 19.5 Å². The molecular weight excluding hydrogens is 365 g/mol. The monoisotopic (exact) mass is 388 g/mol. The fourth-order valence-electron chi connectivity index (χ4n) is 2.57. The van der Waals surface area contributed by atoms with Crippen molar-refractivity contribution in [3.05, 3.63) is 23.8 Å². The lowest BCUT2D eigenvalue weighted by Gasteiger charge is -2.20. The van der Waals surface area contributed by atoms with E-state index >= 15 is 0 Å². The molecule has 1 aromatic carbocycles. The zero-order valence-corrected chi connectivity index (χ0v) is 15.3. The summed E-state index contributed by atoms with van der Waals surface area (Å²) in [5, 5.41) is 2.64. The van der Waals surface area contributed by atoms with Crippen LogP contribution in [-0.2, 0) is 4.79 Å². The standard InChI is InChI=1S/C18H23F3N2O4/c1-23(12-18(19,20)21)7-3-6-22-16(24)5-4-13-10-14(25-2)17-15(11-13)26-8-9-27-17/h4-5,10-11H,3,6-9,12H2,1-2H3,(H,22,24)/b5-4+. The number of hydrogen-bond donors (Lipinski definition) is 1. The highest BCUT2D eigenvalue weighted by Gasteiger charge is 2.28. The summed E-state index contributed by atoms with van der Waals surface area (Å²) >= 11 is 0. The number of ether oxygens (including phenoxy) is 3. The van der Waals surface area contributed by atoms with Crippen molar-refractivity contribution in [2.24, 2.45) is 0 Å². The van der Waals surface area contributed by atoms with Gasteiger partial charge in [-0.3, -0.25) is 9.69 Å². The number of nitrogens with zero attached hydrogens (tertiary/aromatic N) is 1. The first-order chi connectivity index (χ1) is 12.8. The Hall–Kier alpha value is -2.42. The summed E-state index contributed by atoms with van der Waals surface area (Å²) < 4.78 is 53.0. The van der Waals surface area contributed by atoms with Gasteiger partial charge in [0.25, 0.3) is 0 Å². The maximum atomic E-state index is 12.2. The Kier molecular flexibility index (Phi) is 7.35. The van der Waals surface area contributed by atoms with Crippen molar-refractivity contribution >= 4 is 12.0 Å². The molecule has 0 spiro atoms. The highest BCUT2D eigenvalue weighted by molar-refractivity contribution is 5.91. The van der Waals surface area contributed by atoms with Crippen LogP contribution in [0, 0.1) is 0 Å². The maximum absolute atomic E-state index is 12.2. The normalized spacial score (nSPS) is 13.9. The van der Waals surface area contributed by atoms with Gasteiger partial charge in [-0.15, -0.1) is 0 Å². The van der Waals surface area contributed by atoms with Gasteiger partial charge in [0, 0.05) is 12.6 Å². The molecule has 1 aromatic rings. The van der Waals surface area contributed by atoms with Crippen molar-refractivity contribution in [3.63, 3.8) is 0 Å². The van der Waals surface area contributed by atoms with Gasteiger partial charge in [-0.2, -0.15) is 13.2 Å². The number of rotatable bonds is 8. The van der Waals surface area contributed by atoms with Gasteiger partial charge < -0.3 is 19.5 Å². The summed E-state index contributed by atoms with van der Waals surface area (Å²) in [6, 6.07) is 3.47. The molecule has 0 saturated carbocycles. The highest BCUT2D eigenvalue weighted by Crippen LogP contribution is 2.40. The van der Waals surface area contributed by atoms with Crippen LogP contribution in [0.4, 0.5) is 13.2 Å². The van der Waals surface area contributed by atoms with Gasteiger partial charge in [0.1, 0.15) is 13.2 Å². The van der Waals surface area contributed by atoms with E-state index in [1.807, 2.05) is 0 Å². The van der Waals surface area contributed by atoms with Crippen molar-refractivity contribution in [2.75, 3.05) is 47.0 Å². The van der Waals surface area contributed by atoms with Crippen LogP contribution in [0.15, 0.2) is 18.2 Å². The molecule has 27 heavy (non-hydrogen) atoms. The van der Waals surface area contributed by atoms with Crippen LogP contribution >= 0.6 is 0 Å². The fourth-order valence-corrected chi connectivity index (χ4v) is 2.57. The number of fused-ring (bicyclic) bond motifs is 1. The van der Waals surface area contributed by atoms with Crippen LogP contribution in [0.3, 0.4) is 0 Å². The molecule has 1 aliphatic rings. The number of amides is 1. The van der Waals surface area contributed by atoms with Crippen molar-refractivity contribution < 1.29 is 32.2 Å². The van der Waals surface area contributed by atoms with Crippen LogP contribution in [-0.4, -0.2) is 64.0 Å². The average molecular weight is 388 g/mol. The minimum atomic E-state index is -4.22. The van der Waals surface area contributed by atoms with E-state index < -0.39 is 12.7 Å². The quantitative estimate of drug-likeness (QED) is 0.548. The molecule has 0 radical (unpaired) electrons. The molecule has 0 aliphatic carbocycles. The van der Waals surface area contributed by atoms with Crippen LogP contribution in [0.2, 0.25) is 0 Å². The summed E-state index contributed by atoms with van der Waals surface area (Å²) in [5.74, 6) is 1.27. The zero-order chi connectivity index (χ0) is 19.9. The Bertz CT molecular complexity index is 660. The van der Waals surface area contributed by atoms with E-state index in [1.165, 1.54) is 25.1 Å². The number of carbonyl (C=O) groups excluding carboxylic acids is 1. The smallest absolute Gasteiger partial charge is 0.401 e. The molecule has 0 bridgehead atoms. The number of benzene rings is 1. The van der Waals surface area contributed by atoms with Crippen LogP contribution in [0.1, 0.15) is 12.0 Å². The first-order valence-corrected chi connectivity index (χ1v) is 8.47. The molecule has 1 N–H and O–H groups in total. The van der Waals surface area contributed by atoms with E-state index in [0.717, 1.165) is 0 Å². The summed E-state index contributed by atoms with van der Waals surface area (Å²) in [6.45, 7) is 0.442. The van der Waals surface area contributed by atoms with Gasteiger partial charge in [0.15, 0.2) is 11.5 Å². The second kappa shape index (κ2) is 9.50. The van der Waals surface area contributed by atoms with Crippen molar-refractivity contribution in [1.29, 1.82) is 0 Å². The largest absolute Gasteiger partial charge is 0.493 e. The first-order valence-electron chi connectivity index (χ1n) is 8.47. The van der Waals surface area contributed by atoms with Crippen LogP contribution in [0.5, 0.6) is 17.2 Å².